The van der Waals surface area contributed by atoms with Crippen LogP contribution < -0.4 is 5.32 Å². The number of benzene rings is 2. The first-order chi connectivity index (χ1) is 11.7. The third-order valence-electron chi connectivity index (χ3n) is 4.61. The number of rotatable bonds is 4. The van der Waals surface area contributed by atoms with E-state index in [0.717, 1.165) is 28.5 Å². The Balaban J connectivity index is 1.61. The zero-order valence-corrected chi connectivity index (χ0v) is 15.2. The molecular formula is C19H18ClN3S. The van der Waals surface area contributed by atoms with Crippen molar-refractivity contribution in [3.63, 3.8) is 0 Å². The molecule has 1 aliphatic carbocycles. The lowest BCUT2D eigenvalue weighted by molar-refractivity contribution is 1.03. The van der Waals surface area contributed by atoms with E-state index in [2.05, 4.69) is 53.0 Å². The molecule has 2 aromatic carbocycles. The van der Waals surface area contributed by atoms with Crippen LogP contribution in [0.25, 0.3) is 11.3 Å². The van der Waals surface area contributed by atoms with E-state index in [-0.39, 0.29) is 0 Å². The molecule has 0 bridgehead atoms. The largest absolute Gasteiger partial charge is 0.364 e. The fourth-order valence-electron chi connectivity index (χ4n) is 3.23. The minimum Gasteiger partial charge on any atom is -0.364 e. The second-order valence-corrected chi connectivity index (χ2v) is 7.30. The van der Waals surface area contributed by atoms with Gasteiger partial charge in [0.15, 0.2) is 5.82 Å². The van der Waals surface area contributed by atoms with Gasteiger partial charge in [0.2, 0.25) is 0 Å². The van der Waals surface area contributed by atoms with Crippen LogP contribution in [-0.2, 0) is 13.0 Å². The molecule has 0 fully saturated rings. The molecule has 5 heteroatoms. The highest BCUT2D eigenvalue weighted by atomic mass is 35.5. The lowest BCUT2D eigenvalue weighted by Crippen LogP contribution is -2.04. The summed E-state index contributed by atoms with van der Waals surface area (Å²) in [6, 6.07) is 12.6. The molecule has 0 saturated carbocycles. The summed E-state index contributed by atoms with van der Waals surface area (Å²) in [5.41, 5.74) is 7.32. The van der Waals surface area contributed by atoms with Gasteiger partial charge in [-0.1, -0.05) is 29.8 Å². The van der Waals surface area contributed by atoms with Gasteiger partial charge in [0.1, 0.15) is 0 Å². The van der Waals surface area contributed by atoms with E-state index in [0.29, 0.717) is 6.54 Å². The van der Waals surface area contributed by atoms with E-state index in [1.807, 2.05) is 12.1 Å². The van der Waals surface area contributed by atoms with Gasteiger partial charge in [-0.2, -0.15) is 5.10 Å². The molecule has 0 spiro atoms. The van der Waals surface area contributed by atoms with Crippen LogP contribution in [0.3, 0.4) is 0 Å². The number of anilines is 1. The van der Waals surface area contributed by atoms with Gasteiger partial charge < -0.3 is 5.32 Å². The molecule has 24 heavy (non-hydrogen) atoms. The topological polar surface area (TPSA) is 40.7 Å². The van der Waals surface area contributed by atoms with Gasteiger partial charge in [-0.25, -0.2) is 0 Å². The number of aryl methyl sites for hydroxylation is 1. The van der Waals surface area contributed by atoms with E-state index in [1.165, 1.54) is 27.1 Å². The third kappa shape index (κ3) is 2.60. The van der Waals surface area contributed by atoms with Crippen molar-refractivity contribution in [2.45, 2.75) is 24.8 Å². The quantitative estimate of drug-likeness (QED) is 0.489. The molecule has 122 valence electrons. The van der Waals surface area contributed by atoms with Gasteiger partial charge in [-0.15, -0.1) is 11.8 Å². The first-order valence-electron chi connectivity index (χ1n) is 7.89. The molecule has 4 rings (SSSR count). The lowest BCUT2D eigenvalue weighted by Gasteiger charge is -2.10. The second kappa shape index (κ2) is 6.19. The van der Waals surface area contributed by atoms with Gasteiger partial charge >= 0.3 is 0 Å². The monoisotopic (exact) mass is 355 g/mol. The lowest BCUT2D eigenvalue weighted by atomic mass is 10.1. The Labute approximate surface area is 150 Å². The smallest absolute Gasteiger partial charge is 0.152 e. The van der Waals surface area contributed by atoms with Crippen molar-refractivity contribution < 1.29 is 0 Å². The van der Waals surface area contributed by atoms with Crippen LogP contribution in [-0.4, -0.2) is 16.5 Å². The van der Waals surface area contributed by atoms with Crippen LogP contribution >= 0.6 is 23.4 Å². The maximum atomic E-state index is 6.32. The van der Waals surface area contributed by atoms with Crippen LogP contribution in [0.5, 0.6) is 0 Å². The number of H-pyrrole nitrogens is 1. The highest BCUT2D eigenvalue weighted by Gasteiger charge is 2.24. The maximum Gasteiger partial charge on any atom is 0.152 e. The fraction of sp³-hybridized carbons (Fsp3) is 0.211. The summed E-state index contributed by atoms with van der Waals surface area (Å²) in [6.07, 6.45) is 3.02. The highest BCUT2D eigenvalue weighted by Crippen LogP contribution is 2.40. The second-order valence-electron chi connectivity index (χ2n) is 6.01. The molecule has 2 N–H and O–H groups in total. The zero-order chi connectivity index (χ0) is 16.7. The Morgan fingerprint density at radius 2 is 2.17 bits per heavy atom. The molecule has 0 aliphatic heterocycles. The molecule has 0 radical (unpaired) electrons. The predicted molar refractivity (Wildman–Crippen MR) is 102 cm³/mol. The van der Waals surface area contributed by atoms with Crippen LogP contribution in [0.1, 0.15) is 22.3 Å². The number of nitrogens with one attached hydrogen (secondary N) is 2. The first kappa shape index (κ1) is 15.6. The molecule has 3 aromatic rings. The van der Waals surface area contributed by atoms with E-state index in [9.17, 15) is 0 Å². The Bertz CT molecular complexity index is 897. The van der Waals surface area contributed by atoms with Crippen LogP contribution in [0.4, 0.5) is 5.82 Å². The van der Waals surface area contributed by atoms with Crippen LogP contribution in [0, 0.1) is 6.92 Å². The average molecular weight is 356 g/mol. The minimum atomic E-state index is 0.676. The summed E-state index contributed by atoms with van der Waals surface area (Å²) < 4.78 is 0. The fourth-order valence-corrected chi connectivity index (χ4v) is 3.96. The number of fused-ring (bicyclic) bond motifs is 3. The third-order valence-corrected chi connectivity index (χ3v) is 5.69. The zero-order valence-electron chi connectivity index (χ0n) is 13.6. The number of hydrogen-bond acceptors (Lipinski definition) is 3. The number of aromatic nitrogens is 2. The standard InChI is InChI=1S/C19H18ClN3S/c1-11-4-3-5-17(20)16(11)10-21-19-15-8-12-6-7-13(24-2)9-14(12)18(15)22-23-19/h3-7,9H,8,10H2,1-2H3,(H2,21,22,23). The van der Waals surface area contributed by atoms with Crippen molar-refractivity contribution in [1.29, 1.82) is 0 Å². The van der Waals surface area contributed by atoms with Crippen molar-refractivity contribution in [3.8, 4) is 11.3 Å². The van der Waals surface area contributed by atoms with Crippen molar-refractivity contribution in [1.82, 2.24) is 10.2 Å². The molecule has 0 atom stereocenters. The Hall–Kier alpha value is -1.91. The van der Waals surface area contributed by atoms with Gasteiger partial charge in [0.25, 0.3) is 0 Å². The number of aromatic amines is 1. The molecule has 1 aromatic heterocycles. The highest BCUT2D eigenvalue weighted by molar-refractivity contribution is 7.98. The molecule has 1 heterocycles. The van der Waals surface area contributed by atoms with Gasteiger partial charge in [-0.05, 0) is 48.1 Å². The Morgan fingerprint density at radius 1 is 1.29 bits per heavy atom. The van der Waals surface area contributed by atoms with E-state index in [4.69, 9.17) is 11.6 Å². The minimum absolute atomic E-state index is 0.676. The number of halogens is 1. The summed E-state index contributed by atoms with van der Waals surface area (Å²) in [7, 11) is 0. The summed E-state index contributed by atoms with van der Waals surface area (Å²) in [5, 5.41) is 11.9. The molecule has 0 amide bonds. The predicted octanol–water partition coefficient (Wildman–Crippen LogP) is 5.28. The van der Waals surface area contributed by atoms with Crippen molar-refractivity contribution in [3.05, 3.63) is 63.7 Å². The molecule has 1 aliphatic rings. The van der Waals surface area contributed by atoms with E-state index < -0.39 is 0 Å². The van der Waals surface area contributed by atoms with E-state index >= 15 is 0 Å². The number of hydrogen-bond donors (Lipinski definition) is 2. The molecule has 0 unspecified atom stereocenters. The van der Waals surface area contributed by atoms with Crippen molar-refractivity contribution in [2.24, 2.45) is 0 Å². The molecule has 0 saturated heterocycles. The summed E-state index contributed by atoms with van der Waals surface area (Å²) in [6.45, 7) is 2.76. The Morgan fingerprint density at radius 3 is 2.96 bits per heavy atom. The van der Waals surface area contributed by atoms with E-state index in [1.54, 1.807) is 11.8 Å². The Kier molecular flexibility index (Phi) is 4.02. The number of thioether (sulfide) groups is 1. The SMILES string of the molecule is CSc1ccc2c(c1)-c1[nH]nc(NCc3c(C)cccc3Cl)c1C2. The maximum absolute atomic E-state index is 6.32. The van der Waals surface area contributed by atoms with Crippen LogP contribution in [0.15, 0.2) is 41.3 Å². The average Bonchev–Trinajstić information content (AvgIpc) is 3.13. The first-order valence-corrected chi connectivity index (χ1v) is 9.50. The van der Waals surface area contributed by atoms with Crippen LogP contribution in [0.2, 0.25) is 5.02 Å². The molecular weight excluding hydrogens is 338 g/mol. The van der Waals surface area contributed by atoms with Gasteiger partial charge in [0, 0.05) is 34.0 Å². The molecule has 3 nitrogen and oxygen atoms in total. The van der Waals surface area contributed by atoms with Gasteiger partial charge in [0.05, 0.1) is 5.69 Å². The van der Waals surface area contributed by atoms with Crippen molar-refractivity contribution in [2.75, 3.05) is 11.6 Å². The summed E-state index contributed by atoms with van der Waals surface area (Å²) >= 11 is 8.09. The normalized spacial score (nSPS) is 12.1. The summed E-state index contributed by atoms with van der Waals surface area (Å²) in [5.74, 6) is 0.922. The van der Waals surface area contributed by atoms with Crippen molar-refractivity contribution >= 4 is 29.2 Å². The summed E-state index contributed by atoms with van der Waals surface area (Å²) in [4.78, 5) is 1.28. The number of nitrogens with zero attached hydrogens (tertiary/aromatic N) is 1. The van der Waals surface area contributed by atoms with Gasteiger partial charge in [-0.3, -0.25) is 5.10 Å².